The summed E-state index contributed by atoms with van der Waals surface area (Å²) in [4.78, 5) is 8.74. The molecule has 0 saturated carbocycles. The molecule has 1 aliphatic rings. The number of ether oxygens (including phenoxy) is 1. The molecule has 3 aromatic heterocycles. The SMILES string of the molecule is CCOCc1cc(F)c(-c2ccc3cnc(Nc4cnccc4C4CC(C)=C[C@H](N)C4)n3n2)c(F)c1. The maximum absolute atomic E-state index is 14.9. The number of benzene rings is 1. The van der Waals surface area contributed by atoms with Crippen molar-refractivity contribution >= 4 is 17.2 Å². The molecule has 0 amide bonds. The van der Waals surface area contributed by atoms with Gasteiger partial charge < -0.3 is 15.8 Å². The average molecular weight is 491 g/mol. The zero-order chi connectivity index (χ0) is 25.2. The van der Waals surface area contributed by atoms with E-state index in [0.717, 1.165) is 24.1 Å². The molecule has 4 aromatic rings. The van der Waals surface area contributed by atoms with Crippen LogP contribution in [0, 0.1) is 11.6 Å². The van der Waals surface area contributed by atoms with Gasteiger partial charge in [0.2, 0.25) is 5.95 Å². The summed E-state index contributed by atoms with van der Waals surface area (Å²) in [5.74, 6) is -0.735. The van der Waals surface area contributed by atoms with Crippen molar-refractivity contribution in [2.24, 2.45) is 5.73 Å². The summed E-state index contributed by atoms with van der Waals surface area (Å²) in [7, 11) is 0. The van der Waals surface area contributed by atoms with Gasteiger partial charge in [-0.25, -0.2) is 13.8 Å². The van der Waals surface area contributed by atoms with Gasteiger partial charge >= 0.3 is 0 Å². The van der Waals surface area contributed by atoms with Crippen LogP contribution in [0.5, 0.6) is 0 Å². The Morgan fingerprint density at radius 1 is 1.17 bits per heavy atom. The molecule has 5 rings (SSSR count). The van der Waals surface area contributed by atoms with Crippen molar-refractivity contribution in [1.29, 1.82) is 0 Å². The van der Waals surface area contributed by atoms with E-state index >= 15 is 0 Å². The van der Waals surface area contributed by atoms with Crippen LogP contribution in [0.1, 0.15) is 43.7 Å². The topological polar surface area (TPSA) is 90.4 Å². The number of pyridine rings is 1. The van der Waals surface area contributed by atoms with Gasteiger partial charge in [0, 0.05) is 18.8 Å². The number of aromatic nitrogens is 4. The van der Waals surface area contributed by atoms with Crippen LogP contribution in [0.15, 0.2) is 60.6 Å². The molecule has 1 aliphatic carbocycles. The number of rotatable bonds is 7. The molecule has 9 heteroatoms. The maximum atomic E-state index is 14.9. The lowest BCUT2D eigenvalue weighted by atomic mass is 9.82. The van der Waals surface area contributed by atoms with Crippen molar-refractivity contribution in [2.75, 3.05) is 11.9 Å². The average Bonchev–Trinajstić information content (AvgIpc) is 3.24. The van der Waals surface area contributed by atoms with Gasteiger partial charge in [-0.1, -0.05) is 11.6 Å². The zero-order valence-corrected chi connectivity index (χ0v) is 20.2. The Morgan fingerprint density at radius 3 is 2.72 bits per heavy atom. The van der Waals surface area contributed by atoms with E-state index in [-0.39, 0.29) is 29.8 Å². The first-order valence-corrected chi connectivity index (χ1v) is 12.0. The standard InChI is InChI=1S/C27H28F2N6O/c1-3-36-15-17-10-22(28)26(23(29)11-17)24-5-4-20-13-32-27(35(20)34-24)33-25-14-31-7-6-21(25)18-8-16(2)9-19(30)12-18/h4-7,9-11,13-14,18-19H,3,8,12,15,30H2,1-2H3,(H,32,33)/t18?,19-/m0/s1. The van der Waals surface area contributed by atoms with Crippen LogP contribution < -0.4 is 11.1 Å². The summed E-state index contributed by atoms with van der Waals surface area (Å²) >= 11 is 0. The predicted molar refractivity (Wildman–Crippen MR) is 135 cm³/mol. The first-order chi connectivity index (χ1) is 17.4. The van der Waals surface area contributed by atoms with E-state index in [2.05, 4.69) is 33.4 Å². The van der Waals surface area contributed by atoms with E-state index in [1.807, 2.05) is 13.0 Å². The van der Waals surface area contributed by atoms with Crippen LogP contribution >= 0.6 is 0 Å². The monoisotopic (exact) mass is 490 g/mol. The highest BCUT2D eigenvalue weighted by Gasteiger charge is 2.23. The Kier molecular flexibility index (Phi) is 6.75. The molecule has 0 fully saturated rings. The molecule has 3 heterocycles. The number of hydrogen-bond acceptors (Lipinski definition) is 6. The molecule has 3 N–H and O–H groups in total. The molecule has 0 spiro atoms. The van der Waals surface area contributed by atoms with Crippen LogP contribution in [0.25, 0.3) is 16.8 Å². The fourth-order valence-electron chi connectivity index (χ4n) is 4.80. The Labute approximate surface area is 208 Å². The molecule has 0 radical (unpaired) electrons. The van der Waals surface area contributed by atoms with Crippen molar-refractivity contribution in [3.05, 3.63) is 83.3 Å². The minimum atomic E-state index is -0.696. The van der Waals surface area contributed by atoms with Crippen molar-refractivity contribution < 1.29 is 13.5 Å². The number of nitrogens with two attached hydrogens (primary N) is 1. The molecule has 0 saturated heterocycles. The number of anilines is 2. The Hall–Kier alpha value is -3.69. The second-order valence-corrected chi connectivity index (χ2v) is 9.11. The van der Waals surface area contributed by atoms with E-state index in [0.29, 0.717) is 23.6 Å². The van der Waals surface area contributed by atoms with Crippen molar-refractivity contribution in [3.63, 3.8) is 0 Å². The van der Waals surface area contributed by atoms with Crippen LogP contribution in [0.2, 0.25) is 0 Å². The van der Waals surface area contributed by atoms with E-state index in [1.165, 1.54) is 22.2 Å². The molecular weight excluding hydrogens is 462 g/mol. The fraction of sp³-hybridized carbons (Fsp3) is 0.296. The Bertz CT molecular complexity index is 1410. The van der Waals surface area contributed by atoms with E-state index in [9.17, 15) is 8.78 Å². The largest absolute Gasteiger partial charge is 0.377 e. The highest BCUT2D eigenvalue weighted by molar-refractivity contribution is 5.66. The lowest BCUT2D eigenvalue weighted by Gasteiger charge is -2.27. The van der Waals surface area contributed by atoms with E-state index in [1.54, 1.807) is 30.7 Å². The molecule has 2 atom stereocenters. The van der Waals surface area contributed by atoms with Gasteiger partial charge in [-0.2, -0.15) is 9.61 Å². The summed E-state index contributed by atoms with van der Waals surface area (Å²) in [6, 6.07) is 7.86. The van der Waals surface area contributed by atoms with Gasteiger partial charge in [0.1, 0.15) is 11.6 Å². The maximum Gasteiger partial charge on any atom is 0.229 e. The third-order valence-corrected chi connectivity index (χ3v) is 6.38. The molecule has 0 aliphatic heterocycles. The molecule has 7 nitrogen and oxygen atoms in total. The lowest BCUT2D eigenvalue weighted by Crippen LogP contribution is -2.25. The van der Waals surface area contributed by atoms with Crippen LogP contribution in [0.3, 0.4) is 0 Å². The number of nitrogens with zero attached hydrogens (tertiary/aromatic N) is 4. The molecule has 36 heavy (non-hydrogen) atoms. The second-order valence-electron chi connectivity index (χ2n) is 9.11. The van der Waals surface area contributed by atoms with Crippen molar-refractivity contribution in [1.82, 2.24) is 19.6 Å². The predicted octanol–water partition coefficient (Wildman–Crippen LogP) is 5.50. The highest BCUT2D eigenvalue weighted by Crippen LogP contribution is 2.36. The number of nitrogens with one attached hydrogen (secondary N) is 1. The number of halogens is 2. The molecule has 186 valence electrons. The highest BCUT2D eigenvalue weighted by atomic mass is 19.1. The zero-order valence-electron chi connectivity index (χ0n) is 20.2. The quantitative estimate of drug-likeness (QED) is 0.333. The molecule has 1 aromatic carbocycles. The smallest absolute Gasteiger partial charge is 0.229 e. The van der Waals surface area contributed by atoms with Crippen LogP contribution in [-0.4, -0.2) is 32.2 Å². The van der Waals surface area contributed by atoms with Crippen LogP contribution in [-0.2, 0) is 11.3 Å². The third kappa shape index (κ3) is 4.84. The van der Waals surface area contributed by atoms with E-state index < -0.39 is 11.6 Å². The summed E-state index contributed by atoms with van der Waals surface area (Å²) in [6.07, 6.45) is 9.01. The first-order valence-electron chi connectivity index (χ1n) is 12.0. The van der Waals surface area contributed by atoms with Gasteiger partial charge in [0.15, 0.2) is 0 Å². The van der Waals surface area contributed by atoms with E-state index in [4.69, 9.17) is 10.5 Å². The number of imidazole rings is 1. The molecule has 1 unspecified atom stereocenters. The number of allylic oxidation sites excluding steroid dienone is 1. The van der Waals surface area contributed by atoms with Crippen molar-refractivity contribution in [2.45, 2.75) is 45.3 Å². The summed E-state index contributed by atoms with van der Waals surface area (Å²) < 4.78 is 36.7. The summed E-state index contributed by atoms with van der Waals surface area (Å²) in [5.41, 5.74) is 10.4. The fourth-order valence-corrected chi connectivity index (χ4v) is 4.80. The van der Waals surface area contributed by atoms with Gasteiger partial charge in [-0.15, -0.1) is 0 Å². The second kappa shape index (κ2) is 10.1. The minimum Gasteiger partial charge on any atom is -0.377 e. The molecular formula is C27H28F2N6O. The van der Waals surface area contributed by atoms with Crippen LogP contribution in [0.4, 0.5) is 20.4 Å². The summed E-state index contributed by atoms with van der Waals surface area (Å²) in [5, 5.41) is 7.84. The van der Waals surface area contributed by atoms with Gasteiger partial charge in [0.05, 0.1) is 41.5 Å². The van der Waals surface area contributed by atoms with Crippen molar-refractivity contribution in [3.8, 4) is 11.3 Å². The first kappa shape index (κ1) is 24.0. The van der Waals surface area contributed by atoms with Gasteiger partial charge in [-0.3, -0.25) is 4.98 Å². The number of hydrogen-bond donors (Lipinski definition) is 2. The van der Waals surface area contributed by atoms with Gasteiger partial charge in [0.25, 0.3) is 0 Å². The Morgan fingerprint density at radius 2 is 1.97 bits per heavy atom. The normalized spacial score (nSPS) is 17.9. The Balaban J connectivity index is 1.49. The third-order valence-electron chi connectivity index (χ3n) is 6.38. The van der Waals surface area contributed by atoms with Gasteiger partial charge in [-0.05, 0) is 74.1 Å². The number of fused-ring (bicyclic) bond motifs is 1. The minimum absolute atomic E-state index is 0.00552. The lowest BCUT2D eigenvalue weighted by molar-refractivity contribution is 0.133. The summed E-state index contributed by atoms with van der Waals surface area (Å²) in [6.45, 7) is 4.52. The molecule has 0 bridgehead atoms.